The summed E-state index contributed by atoms with van der Waals surface area (Å²) in [6, 6.07) is 12.2. The molecule has 0 aliphatic carbocycles. The second kappa shape index (κ2) is 10.1. The van der Waals surface area contributed by atoms with Gasteiger partial charge in [0.25, 0.3) is 5.79 Å². The third-order valence-electron chi connectivity index (χ3n) is 8.15. The lowest BCUT2D eigenvalue weighted by molar-refractivity contribution is -0.0712. The Morgan fingerprint density at radius 3 is 2.62 bits per heavy atom. The number of hydrogen-bond acceptors (Lipinski definition) is 7. The fraction of sp³-hybridized carbons (Fsp3) is 0.414. The van der Waals surface area contributed by atoms with E-state index in [4.69, 9.17) is 42.4 Å². The Morgan fingerprint density at radius 1 is 1.05 bits per heavy atom. The Labute approximate surface area is 241 Å². The normalized spacial score (nSPS) is 23.1. The second-order valence-corrected chi connectivity index (χ2v) is 11.6. The van der Waals surface area contributed by atoms with Crippen LogP contribution in [0, 0.1) is 5.82 Å². The lowest BCUT2D eigenvalue weighted by Gasteiger charge is -2.33. The molecule has 2 fully saturated rings. The number of fused-ring (bicyclic) bond motifs is 2. The van der Waals surface area contributed by atoms with E-state index < -0.39 is 11.6 Å². The number of likely N-dealkylation sites (tertiary alicyclic amines) is 1. The summed E-state index contributed by atoms with van der Waals surface area (Å²) >= 11 is 12.1. The van der Waals surface area contributed by atoms with Crippen molar-refractivity contribution in [3.8, 4) is 11.5 Å². The molecule has 4 aromatic rings. The van der Waals surface area contributed by atoms with E-state index in [0.717, 1.165) is 61.5 Å². The molecule has 11 heteroatoms. The van der Waals surface area contributed by atoms with Crippen LogP contribution in [0.5, 0.6) is 11.5 Å². The van der Waals surface area contributed by atoms with Gasteiger partial charge >= 0.3 is 0 Å². The van der Waals surface area contributed by atoms with E-state index in [1.165, 1.54) is 6.07 Å². The monoisotopic (exact) mass is 583 g/mol. The molecule has 0 spiro atoms. The number of nitrogens with zero attached hydrogens (tertiary/aromatic N) is 5. The van der Waals surface area contributed by atoms with Crippen LogP contribution in [0.25, 0.3) is 11.2 Å². The maximum atomic E-state index is 14.8. The third kappa shape index (κ3) is 4.68. The van der Waals surface area contributed by atoms with Gasteiger partial charge in [-0.1, -0.05) is 35.3 Å². The first-order valence-electron chi connectivity index (χ1n) is 13.5. The van der Waals surface area contributed by atoms with Crippen molar-refractivity contribution in [3.63, 3.8) is 0 Å². The number of rotatable bonds is 6. The Morgan fingerprint density at radius 2 is 1.88 bits per heavy atom. The molecular formula is C29H28Cl2FN5O3. The van der Waals surface area contributed by atoms with Gasteiger partial charge in [0.1, 0.15) is 17.2 Å². The van der Waals surface area contributed by atoms with Gasteiger partial charge in [-0.15, -0.1) is 10.2 Å². The van der Waals surface area contributed by atoms with Crippen LogP contribution in [0.15, 0.2) is 42.5 Å². The number of aromatic nitrogens is 4. The summed E-state index contributed by atoms with van der Waals surface area (Å²) in [7, 11) is 0. The number of ether oxygens (including phenoxy) is 3. The van der Waals surface area contributed by atoms with Crippen molar-refractivity contribution in [3.05, 3.63) is 75.4 Å². The molecule has 208 valence electrons. The molecule has 3 aliphatic heterocycles. The van der Waals surface area contributed by atoms with Gasteiger partial charge < -0.3 is 18.8 Å². The Kier molecular flexibility index (Phi) is 6.58. The highest BCUT2D eigenvalue weighted by molar-refractivity contribution is 6.30. The van der Waals surface area contributed by atoms with Crippen LogP contribution in [0.4, 0.5) is 4.39 Å². The van der Waals surface area contributed by atoms with Crippen LogP contribution in [0.3, 0.4) is 0 Å². The molecular weight excluding hydrogens is 556 g/mol. The maximum absolute atomic E-state index is 14.8. The highest BCUT2D eigenvalue weighted by Gasteiger charge is 2.43. The topological polar surface area (TPSA) is 74.5 Å². The van der Waals surface area contributed by atoms with Crippen LogP contribution in [0.1, 0.15) is 49.1 Å². The molecule has 2 saturated heterocycles. The first-order chi connectivity index (χ1) is 19.4. The van der Waals surface area contributed by atoms with E-state index in [0.29, 0.717) is 46.2 Å². The summed E-state index contributed by atoms with van der Waals surface area (Å²) in [4.78, 5) is 7.28. The number of para-hydroxylation sites is 1. The molecule has 0 radical (unpaired) electrons. The molecule has 2 aromatic heterocycles. The van der Waals surface area contributed by atoms with E-state index >= 15 is 0 Å². The van der Waals surface area contributed by atoms with E-state index in [-0.39, 0.29) is 6.10 Å². The van der Waals surface area contributed by atoms with Crippen molar-refractivity contribution in [2.45, 2.75) is 57.1 Å². The average Bonchev–Trinajstić information content (AvgIpc) is 3.42. The molecule has 2 atom stereocenters. The van der Waals surface area contributed by atoms with Gasteiger partial charge in [-0.3, -0.25) is 4.90 Å². The first-order valence-corrected chi connectivity index (χ1v) is 14.3. The number of benzene rings is 2. The average molecular weight is 584 g/mol. The van der Waals surface area contributed by atoms with Crippen molar-refractivity contribution < 1.29 is 18.6 Å². The number of piperidine rings is 1. The van der Waals surface area contributed by atoms with E-state index in [9.17, 15) is 4.39 Å². The zero-order valence-corrected chi connectivity index (χ0v) is 23.5. The largest absolute Gasteiger partial charge is 0.444 e. The second-order valence-electron chi connectivity index (χ2n) is 10.8. The van der Waals surface area contributed by atoms with Gasteiger partial charge in [-0.2, -0.15) is 0 Å². The lowest BCUT2D eigenvalue weighted by atomic mass is 9.88. The first kappa shape index (κ1) is 26.0. The zero-order chi connectivity index (χ0) is 27.4. The van der Waals surface area contributed by atoms with Gasteiger partial charge in [0, 0.05) is 30.2 Å². The van der Waals surface area contributed by atoms with Crippen molar-refractivity contribution in [1.29, 1.82) is 0 Å². The minimum absolute atomic E-state index is 0.175. The van der Waals surface area contributed by atoms with Crippen molar-refractivity contribution in [2.24, 2.45) is 0 Å². The van der Waals surface area contributed by atoms with Crippen LogP contribution in [0.2, 0.25) is 10.2 Å². The van der Waals surface area contributed by atoms with E-state index in [2.05, 4.69) is 25.7 Å². The highest BCUT2D eigenvalue weighted by atomic mass is 35.5. The van der Waals surface area contributed by atoms with Gasteiger partial charge in [-0.25, -0.2) is 9.37 Å². The third-order valence-corrected chi connectivity index (χ3v) is 8.57. The Bertz CT molecular complexity index is 1590. The molecule has 0 N–H and O–H groups in total. The van der Waals surface area contributed by atoms with Crippen molar-refractivity contribution in [2.75, 3.05) is 19.7 Å². The quantitative estimate of drug-likeness (QED) is 0.272. The molecule has 0 amide bonds. The van der Waals surface area contributed by atoms with Gasteiger partial charge in [0.15, 0.2) is 22.3 Å². The molecule has 7 rings (SSSR count). The van der Waals surface area contributed by atoms with Crippen molar-refractivity contribution in [1.82, 2.24) is 24.6 Å². The van der Waals surface area contributed by atoms with E-state index in [1.807, 2.05) is 12.1 Å². The molecule has 2 unspecified atom stereocenters. The number of hydrogen-bond donors (Lipinski definition) is 0. The molecule has 2 aromatic carbocycles. The van der Waals surface area contributed by atoms with Gasteiger partial charge in [0.05, 0.1) is 24.8 Å². The van der Waals surface area contributed by atoms with Crippen LogP contribution in [-0.2, 0) is 23.6 Å². The van der Waals surface area contributed by atoms with Crippen LogP contribution in [-0.4, -0.2) is 50.4 Å². The predicted molar refractivity (Wildman–Crippen MR) is 148 cm³/mol. The molecule has 8 nitrogen and oxygen atoms in total. The molecule has 40 heavy (non-hydrogen) atoms. The Balaban J connectivity index is 1.07. The Hall–Kier alpha value is -2.98. The molecule has 0 bridgehead atoms. The molecule has 5 heterocycles. The maximum Gasteiger partial charge on any atom is 0.278 e. The standard InChI is InChI=1S/C29H28Cl2FN5O3/c1-29(21-6-5-18(30)13-22(21)32)39-24-4-2-3-20(27(24)40-29)17-7-10-36(11-8-17)16-26-33-23-14-25(31)34-35-28(23)37(26)15-19-9-12-38-19/h2-6,13-14,17,19H,7-12,15-16H2,1H3. The lowest BCUT2D eigenvalue weighted by Crippen LogP contribution is -2.35. The van der Waals surface area contributed by atoms with Crippen molar-refractivity contribution >= 4 is 34.4 Å². The zero-order valence-electron chi connectivity index (χ0n) is 21.9. The SMILES string of the molecule is CC1(c2ccc(Cl)cc2F)Oc2cccc(C3CCN(Cc4nc5cc(Cl)nnc5n4CC4CCO4)CC3)c2O1. The molecule has 0 saturated carbocycles. The summed E-state index contributed by atoms with van der Waals surface area (Å²) in [5.41, 5.74) is 2.90. The summed E-state index contributed by atoms with van der Waals surface area (Å²) in [6.07, 6.45) is 3.10. The van der Waals surface area contributed by atoms with Crippen LogP contribution < -0.4 is 9.47 Å². The smallest absolute Gasteiger partial charge is 0.278 e. The highest BCUT2D eigenvalue weighted by Crippen LogP contribution is 2.49. The fourth-order valence-electron chi connectivity index (χ4n) is 5.93. The van der Waals surface area contributed by atoms with Crippen LogP contribution >= 0.6 is 23.2 Å². The fourth-order valence-corrected chi connectivity index (χ4v) is 6.23. The predicted octanol–water partition coefficient (Wildman–Crippen LogP) is 6.08. The van der Waals surface area contributed by atoms with Gasteiger partial charge in [0.2, 0.25) is 0 Å². The summed E-state index contributed by atoms with van der Waals surface area (Å²) in [6.45, 7) is 5.74. The minimum atomic E-state index is -1.26. The van der Waals surface area contributed by atoms with Gasteiger partial charge in [-0.05, 0) is 62.5 Å². The number of halogens is 3. The molecule has 3 aliphatic rings. The summed E-state index contributed by atoms with van der Waals surface area (Å²) in [5.74, 6) is 0.834. The summed E-state index contributed by atoms with van der Waals surface area (Å²) in [5, 5.41) is 9.03. The summed E-state index contributed by atoms with van der Waals surface area (Å²) < 4.78 is 35.1. The minimum Gasteiger partial charge on any atom is -0.444 e. The number of imidazole rings is 1. The van der Waals surface area contributed by atoms with E-state index in [1.54, 1.807) is 25.1 Å².